The number of aliphatic hydroxyl groups is 2. The number of carbonyl (C=O) groups excluding carboxylic acids is 1. The molecule has 7 nitrogen and oxygen atoms in total. The van der Waals surface area contributed by atoms with Crippen LogP contribution in [0.4, 0.5) is 0 Å². The van der Waals surface area contributed by atoms with Crippen LogP contribution >= 0.6 is 0 Å². The van der Waals surface area contributed by atoms with Gasteiger partial charge in [0.1, 0.15) is 0 Å². The van der Waals surface area contributed by atoms with E-state index in [-0.39, 0.29) is 18.3 Å². The summed E-state index contributed by atoms with van der Waals surface area (Å²) in [5.41, 5.74) is 5.16. The first-order valence-corrected chi connectivity index (χ1v) is 5.91. The average molecular weight is 259 g/mol. The molecule has 1 aliphatic rings. The summed E-state index contributed by atoms with van der Waals surface area (Å²) in [5.74, 6) is -0.709. The summed E-state index contributed by atoms with van der Waals surface area (Å²) in [6, 6.07) is 0. The van der Waals surface area contributed by atoms with Crippen LogP contribution in [0, 0.1) is 0 Å². The van der Waals surface area contributed by atoms with Crippen LogP contribution in [0.5, 0.6) is 0 Å². The predicted molar refractivity (Wildman–Crippen MR) is 65.6 cm³/mol. The van der Waals surface area contributed by atoms with Crippen molar-refractivity contribution < 1.29 is 19.7 Å². The number of hydrogen-bond acceptors (Lipinski definition) is 6. The van der Waals surface area contributed by atoms with E-state index in [1.807, 2.05) is 0 Å². The molecule has 7 heteroatoms. The average Bonchev–Trinajstić information content (AvgIpc) is 2.36. The fraction of sp³-hybridized carbons (Fsp3) is 0.727. The van der Waals surface area contributed by atoms with Crippen LogP contribution in [0.3, 0.4) is 0 Å². The second-order valence-corrected chi connectivity index (χ2v) is 4.22. The Hall–Kier alpha value is -1.31. The molecule has 0 radical (unpaired) electrons. The van der Waals surface area contributed by atoms with Crippen molar-refractivity contribution in [3.63, 3.8) is 0 Å². The van der Waals surface area contributed by atoms with Crippen LogP contribution in [0.15, 0.2) is 12.1 Å². The molecule has 1 heterocycles. The minimum Gasteiger partial charge on any atom is -0.493 e. The fourth-order valence-electron chi connectivity index (χ4n) is 1.82. The number of β-amino-alcohol motifs (C(OH)–C–C–N with tert-alkyl or cyclic N) is 1. The number of hydrogen-bond donors (Lipinski definition) is 3. The molecule has 0 aliphatic carbocycles. The normalized spacial score (nSPS) is 19.6. The van der Waals surface area contributed by atoms with Gasteiger partial charge < -0.3 is 20.7 Å². The van der Waals surface area contributed by atoms with Gasteiger partial charge in [0, 0.05) is 26.6 Å². The molecular weight excluding hydrogens is 238 g/mol. The Morgan fingerprint density at radius 3 is 2.67 bits per heavy atom. The molecule has 1 atom stereocenters. The molecule has 18 heavy (non-hydrogen) atoms. The molecule has 1 fully saturated rings. The Kier molecular flexibility index (Phi) is 5.90. The number of nitrogens with zero attached hydrogens (tertiary/aromatic N) is 2. The summed E-state index contributed by atoms with van der Waals surface area (Å²) in [6.45, 7) is 4.58. The van der Waals surface area contributed by atoms with Crippen molar-refractivity contribution in [2.75, 3.05) is 39.4 Å². The van der Waals surface area contributed by atoms with E-state index in [4.69, 9.17) is 10.5 Å². The van der Waals surface area contributed by atoms with E-state index >= 15 is 0 Å². The SMILES string of the molecule is CC(=O)N(CC(O)CN1CCOCC1)/C(O)=C\N. The van der Waals surface area contributed by atoms with Gasteiger partial charge in [0.25, 0.3) is 0 Å². The van der Waals surface area contributed by atoms with Crippen molar-refractivity contribution in [1.29, 1.82) is 0 Å². The van der Waals surface area contributed by atoms with E-state index in [0.717, 1.165) is 24.2 Å². The number of morpholine rings is 1. The highest BCUT2D eigenvalue weighted by Gasteiger charge is 2.20. The second-order valence-electron chi connectivity index (χ2n) is 4.22. The molecule has 4 N–H and O–H groups in total. The van der Waals surface area contributed by atoms with Crippen LogP contribution in [0.2, 0.25) is 0 Å². The number of aliphatic hydroxyl groups excluding tert-OH is 2. The molecule has 1 amide bonds. The largest absolute Gasteiger partial charge is 0.493 e. The Morgan fingerprint density at radius 2 is 2.17 bits per heavy atom. The first kappa shape index (κ1) is 14.7. The number of nitrogens with two attached hydrogens (primary N) is 1. The van der Waals surface area contributed by atoms with Crippen molar-refractivity contribution >= 4 is 5.91 Å². The third kappa shape index (κ3) is 4.52. The zero-order valence-electron chi connectivity index (χ0n) is 10.6. The lowest BCUT2D eigenvalue weighted by Gasteiger charge is -2.30. The van der Waals surface area contributed by atoms with Crippen molar-refractivity contribution in [2.24, 2.45) is 5.73 Å². The summed E-state index contributed by atoms with van der Waals surface area (Å²) in [7, 11) is 0. The molecule has 0 spiro atoms. The molecule has 0 bridgehead atoms. The van der Waals surface area contributed by atoms with Crippen molar-refractivity contribution in [2.45, 2.75) is 13.0 Å². The van der Waals surface area contributed by atoms with Gasteiger partial charge in [0.2, 0.25) is 11.8 Å². The third-order valence-electron chi connectivity index (χ3n) is 2.77. The zero-order valence-corrected chi connectivity index (χ0v) is 10.6. The smallest absolute Gasteiger partial charge is 0.226 e. The van der Waals surface area contributed by atoms with E-state index < -0.39 is 6.10 Å². The topological polar surface area (TPSA) is 99.3 Å². The van der Waals surface area contributed by atoms with Crippen molar-refractivity contribution in [3.05, 3.63) is 12.1 Å². The predicted octanol–water partition coefficient (Wildman–Crippen LogP) is -1.16. The standard InChI is InChI=1S/C11H21N3O4/c1-9(15)14(11(17)6-12)8-10(16)7-13-2-4-18-5-3-13/h6,10,16-17H,2-5,7-8,12H2,1H3/b11-6+. The van der Waals surface area contributed by atoms with E-state index in [2.05, 4.69) is 4.90 Å². The first-order chi connectivity index (χ1) is 8.54. The van der Waals surface area contributed by atoms with Crippen LogP contribution in [0.25, 0.3) is 0 Å². The van der Waals surface area contributed by atoms with Crippen LogP contribution in [-0.4, -0.2) is 71.4 Å². The van der Waals surface area contributed by atoms with E-state index in [1.54, 1.807) is 0 Å². The Morgan fingerprint density at radius 1 is 1.56 bits per heavy atom. The minimum atomic E-state index is -0.742. The molecule has 0 aromatic rings. The highest BCUT2D eigenvalue weighted by Crippen LogP contribution is 2.04. The number of amides is 1. The summed E-state index contributed by atoms with van der Waals surface area (Å²) < 4.78 is 5.20. The lowest BCUT2D eigenvalue weighted by Crippen LogP contribution is -2.45. The summed E-state index contributed by atoms with van der Waals surface area (Å²) >= 11 is 0. The summed E-state index contributed by atoms with van der Waals surface area (Å²) in [4.78, 5) is 14.4. The van der Waals surface area contributed by atoms with Crippen LogP contribution in [0.1, 0.15) is 6.92 Å². The number of rotatable bonds is 5. The molecule has 0 saturated carbocycles. The molecule has 0 aromatic heterocycles. The molecule has 1 aliphatic heterocycles. The Bertz CT molecular complexity index is 303. The van der Waals surface area contributed by atoms with Gasteiger partial charge in [-0.1, -0.05) is 0 Å². The van der Waals surface area contributed by atoms with Gasteiger partial charge in [-0.25, -0.2) is 0 Å². The fourth-order valence-corrected chi connectivity index (χ4v) is 1.82. The Balaban J connectivity index is 2.45. The monoisotopic (exact) mass is 259 g/mol. The lowest BCUT2D eigenvalue weighted by molar-refractivity contribution is -0.130. The molecule has 104 valence electrons. The second kappa shape index (κ2) is 7.20. The minimum absolute atomic E-state index is 0.0201. The number of ether oxygens (including phenoxy) is 1. The molecule has 0 aromatic carbocycles. The highest BCUT2D eigenvalue weighted by atomic mass is 16.5. The molecular formula is C11H21N3O4. The van der Waals surface area contributed by atoms with E-state index in [9.17, 15) is 15.0 Å². The van der Waals surface area contributed by atoms with Crippen LogP contribution < -0.4 is 5.73 Å². The van der Waals surface area contributed by atoms with E-state index in [1.165, 1.54) is 6.92 Å². The van der Waals surface area contributed by atoms with Crippen molar-refractivity contribution in [3.8, 4) is 0 Å². The molecule has 1 unspecified atom stereocenters. The van der Waals surface area contributed by atoms with Gasteiger partial charge in [0.15, 0.2) is 0 Å². The summed E-state index contributed by atoms with van der Waals surface area (Å²) in [5, 5.41) is 19.3. The maximum Gasteiger partial charge on any atom is 0.226 e. The zero-order chi connectivity index (χ0) is 13.5. The quantitative estimate of drug-likeness (QED) is 0.539. The maximum absolute atomic E-state index is 11.3. The third-order valence-corrected chi connectivity index (χ3v) is 2.77. The van der Waals surface area contributed by atoms with Gasteiger partial charge >= 0.3 is 0 Å². The van der Waals surface area contributed by atoms with Gasteiger partial charge in [-0.3, -0.25) is 14.6 Å². The van der Waals surface area contributed by atoms with Gasteiger partial charge in [-0.05, 0) is 0 Å². The maximum atomic E-state index is 11.3. The number of carbonyl (C=O) groups is 1. The Labute approximate surface area is 106 Å². The van der Waals surface area contributed by atoms with E-state index in [0.29, 0.717) is 19.8 Å². The van der Waals surface area contributed by atoms with Crippen LogP contribution in [-0.2, 0) is 9.53 Å². The summed E-state index contributed by atoms with van der Waals surface area (Å²) in [6.07, 6.45) is 0.192. The van der Waals surface area contributed by atoms with Gasteiger partial charge in [-0.15, -0.1) is 0 Å². The molecule has 1 saturated heterocycles. The van der Waals surface area contributed by atoms with Gasteiger partial charge in [-0.2, -0.15) is 0 Å². The molecule has 1 rings (SSSR count). The highest BCUT2D eigenvalue weighted by molar-refractivity contribution is 5.74. The van der Waals surface area contributed by atoms with Gasteiger partial charge in [0.05, 0.1) is 32.1 Å². The van der Waals surface area contributed by atoms with Crippen molar-refractivity contribution in [1.82, 2.24) is 9.80 Å². The first-order valence-electron chi connectivity index (χ1n) is 5.91. The lowest BCUT2D eigenvalue weighted by atomic mass is 10.2.